The van der Waals surface area contributed by atoms with Gasteiger partial charge in [-0.25, -0.2) is 0 Å². The van der Waals surface area contributed by atoms with Gasteiger partial charge in [0.2, 0.25) is 0 Å². The van der Waals surface area contributed by atoms with Crippen molar-refractivity contribution in [3.8, 4) is 5.75 Å². The summed E-state index contributed by atoms with van der Waals surface area (Å²) in [5.41, 5.74) is 1.18. The molecule has 34 heavy (non-hydrogen) atoms. The summed E-state index contributed by atoms with van der Waals surface area (Å²) < 4.78 is 21.1. The summed E-state index contributed by atoms with van der Waals surface area (Å²) >= 11 is 1.76. The lowest BCUT2D eigenvalue weighted by molar-refractivity contribution is -0.161. The standard InChI is InChI=1S/C27H38N2O4S/c1-26(2,3)34-28-24(21-15-19-9-7-8-10-20(19)16-22(21)31-6)18-11-13-29(14-12-18)25(30)23-17-32-27(4,5)33-23/h7-10,15-16,18,23-24,28H,11-14,17H2,1-6H3. The second kappa shape index (κ2) is 10.1. The number of benzene rings is 2. The maximum Gasteiger partial charge on any atom is 0.254 e. The lowest BCUT2D eigenvalue weighted by Gasteiger charge is -2.38. The highest BCUT2D eigenvalue weighted by atomic mass is 32.2. The number of piperidine rings is 1. The number of nitrogens with zero attached hydrogens (tertiary/aromatic N) is 1. The van der Waals surface area contributed by atoms with Gasteiger partial charge < -0.3 is 19.1 Å². The second-order valence-electron chi connectivity index (χ2n) is 10.7. The van der Waals surface area contributed by atoms with Gasteiger partial charge in [0.1, 0.15) is 5.75 Å². The fraction of sp³-hybridized carbons (Fsp3) is 0.593. The molecule has 2 aromatic carbocycles. The zero-order valence-electron chi connectivity index (χ0n) is 21.2. The molecular weight excluding hydrogens is 448 g/mol. The van der Waals surface area contributed by atoms with Crippen molar-refractivity contribution in [2.75, 3.05) is 26.8 Å². The highest BCUT2D eigenvalue weighted by Crippen LogP contribution is 2.40. The number of nitrogens with one attached hydrogen (secondary N) is 1. The lowest BCUT2D eigenvalue weighted by atomic mass is 9.84. The van der Waals surface area contributed by atoms with Crippen molar-refractivity contribution in [3.05, 3.63) is 42.0 Å². The molecule has 2 unspecified atom stereocenters. The van der Waals surface area contributed by atoms with Crippen LogP contribution in [0.4, 0.5) is 0 Å². The van der Waals surface area contributed by atoms with E-state index in [1.54, 1.807) is 19.1 Å². The van der Waals surface area contributed by atoms with Crippen LogP contribution in [0.25, 0.3) is 10.8 Å². The van der Waals surface area contributed by atoms with Crippen molar-refractivity contribution < 1.29 is 19.0 Å². The zero-order chi connectivity index (χ0) is 24.5. The van der Waals surface area contributed by atoms with Crippen molar-refractivity contribution in [2.45, 2.75) is 70.1 Å². The number of amides is 1. The van der Waals surface area contributed by atoms with E-state index in [-0.39, 0.29) is 16.7 Å². The van der Waals surface area contributed by atoms with E-state index in [1.165, 1.54) is 16.3 Å². The number of carbonyl (C=O) groups excluding carboxylic acids is 1. The van der Waals surface area contributed by atoms with Crippen molar-refractivity contribution in [2.24, 2.45) is 5.92 Å². The molecule has 2 fully saturated rings. The van der Waals surface area contributed by atoms with Gasteiger partial charge in [0.05, 0.1) is 13.7 Å². The van der Waals surface area contributed by atoms with Crippen LogP contribution in [0.15, 0.2) is 36.4 Å². The maximum absolute atomic E-state index is 13.0. The van der Waals surface area contributed by atoms with Gasteiger partial charge in [-0.15, -0.1) is 0 Å². The molecule has 2 saturated heterocycles. The minimum absolute atomic E-state index is 0.0425. The minimum atomic E-state index is -0.690. The normalized spacial score (nSPS) is 22.2. The number of likely N-dealkylation sites (tertiary alicyclic amines) is 1. The van der Waals surface area contributed by atoms with E-state index in [9.17, 15) is 4.79 Å². The molecule has 0 aromatic heterocycles. The number of hydrogen-bond donors (Lipinski definition) is 1. The van der Waals surface area contributed by atoms with Crippen LogP contribution in [0.3, 0.4) is 0 Å². The van der Waals surface area contributed by atoms with E-state index in [2.05, 4.69) is 61.9 Å². The Bertz CT molecular complexity index is 1010. The molecule has 1 N–H and O–H groups in total. The summed E-state index contributed by atoms with van der Waals surface area (Å²) in [5, 5.41) is 2.38. The first-order valence-electron chi connectivity index (χ1n) is 12.2. The third kappa shape index (κ3) is 5.88. The smallest absolute Gasteiger partial charge is 0.254 e. The second-order valence-corrected chi connectivity index (χ2v) is 12.4. The fourth-order valence-electron chi connectivity index (χ4n) is 4.78. The molecule has 2 aliphatic heterocycles. The summed E-state index contributed by atoms with van der Waals surface area (Å²) in [6.45, 7) is 12.1. The van der Waals surface area contributed by atoms with E-state index in [4.69, 9.17) is 14.2 Å². The predicted molar refractivity (Wildman–Crippen MR) is 138 cm³/mol. The predicted octanol–water partition coefficient (Wildman–Crippen LogP) is 5.32. The molecule has 1 amide bonds. The number of ether oxygens (including phenoxy) is 3. The van der Waals surface area contributed by atoms with Crippen LogP contribution >= 0.6 is 11.9 Å². The Morgan fingerprint density at radius 2 is 1.82 bits per heavy atom. The molecule has 2 atom stereocenters. The van der Waals surface area contributed by atoms with Crippen LogP contribution in [-0.4, -0.2) is 54.3 Å². The Morgan fingerprint density at radius 3 is 2.38 bits per heavy atom. The molecule has 6 nitrogen and oxygen atoms in total. The summed E-state index contributed by atoms with van der Waals surface area (Å²) in [5.74, 6) is 0.639. The van der Waals surface area contributed by atoms with Gasteiger partial charge in [-0.2, -0.15) is 0 Å². The average Bonchev–Trinajstić information content (AvgIpc) is 3.17. The summed E-state index contributed by atoms with van der Waals surface area (Å²) in [6.07, 6.45) is 1.33. The first-order valence-corrected chi connectivity index (χ1v) is 13.0. The molecule has 0 aliphatic carbocycles. The van der Waals surface area contributed by atoms with E-state index in [0.717, 1.165) is 31.7 Å². The average molecular weight is 487 g/mol. The van der Waals surface area contributed by atoms with E-state index >= 15 is 0 Å². The Hall–Kier alpha value is -1.80. The largest absolute Gasteiger partial charge is 0.496 e. The Balaban J connectivity index is 1.53. The number of carbonyl (C=O) groups is 1. The summed E-state index contributed by atoms with van der Waals surface area (Å²) in [4.78, 5) is 15.0. The number of rotatable bonds is 6. The lowest BCUT2D eigenvalue weighted by Crippen LogP contribution is -2.46. The fourth-order valence-corrected chi connectivity index (χ4v) is 5.58. The third-order valence-corrected chi connectivity index (χ3v) is 7.52. The van der Waals surface area contributed by atoms with Gasteiger partial charge >= 0.3 is 0 Å². The molecule has 4 rings (SSSR count). The van der Waals surface area contributed by atoms with Crippen LogP contribution < -0.4 is 9.46 Å². The van der Waals surface area contributed by atoms with E-state index < -0.39 is 11.9 Å². The molecule has 7 heteroatoms. The highest BCUT2D eigenvalue weighted by molar-refractivity contribution is 7.98. The topological polar surface area (TPSA) is 60.0 Å². The first kappa shape index (κ1) is 25.3. The monoisotopic (exact) mass is 486 g/mol. The van der Waals surface area contributed by atoms with E-state index in [0.29, 0.717) is 12.5 Å². The minimum Gasteiger partial charge on any atom is -0.496 e. The molecule has 2 aromatic rings. The summed E-state index contributed by atoms with van der Waals surface area (Å²) in [6, 6.07) is 12.9. The Labute approximate surface area is 207 Å². The van der Waals surface area contributed by atoms with Crippen LogP contribution in [-0.2, 0) is 14.3 Å². The van der Waals surface area contributed by atoms with Gasteiger partial charge in [-0.1, -0.05) is 36.2 Å². The molecule has 0 spiro atoms. The molecule has 2 aliphatic rings. The van der Waals surface area contributed by atoms with Gasteiger partial charge in [-0.05, 0) is 76.3 Å². The summed E-state index contributed by atoms with van der Waals surface area (Å²) in [7, 11) is 1.74. The van der Waals surface area contributed by atoms with Gasteiger partial charge in [0.15, 0.2) is 11.9 Å². The van der Waals surface area contributed by atoms with Crippen LogP contribution in [0, 0.1) is 5.92 Å². The van der Waals surface area contributed by atoms with Crippen molar-refractivity contribution in [1.82, 2.24) is 9.62 Å². The Morgan fingerprint density at radius 1 is 1.18 bits per heavy atom. The number of hydrogen-bond acceptors (Lipinski definition) is 6. The van der Waals surface area contributed by atoms with Gasteiger partial charge in [-0.3, -0.25) is 9.52 Å². The van der Waals surface area contributed by atoms with Crippen molar-refractivity contribution in [3.63, 3.8) is 0 Å². The van der Waals surface area contributed by atoms with Gasteiger partial charge in [0, 0.05) is 29.4 Å². The van der Waals surface area contributed by atoms with Crippen LogP contribution in [0.2, 0.25) is 0 Å². The molecule has 0 bridgehead atoms. The number of fused-ring (bicyclic) bond motifs is 1. The molecule has 186 valence electrons. The molecule has 0 saturated carbocycles. The zero-order valence-corrected chi connectivity index (χ0v) is 22.0. The highest BCUT2D eigenvalue weighted by Gasteiger charge is 2.40. The quantitative estimate of drug-likeness (QED) is 0.558. The third-order valence-electron chi connectivity index (χ3n) is 6.53. The SMILES string of the molecule is COc1cc2ccccc2cc1C(NSC(C)(C)C)C1CCN(C(=O)C2COC(C)(C)O2)CC1. The van der Waals surface area contributed by atoms with Crippen LogP contribution in [0.5, 0.6) is 5.75 Å². The molecular formula is C27H38N2O4S. The maximum atomic E-state index is 13.0. The van der Waals surface area contributed by atoms with Crippen molar-refractivity contribution in [1.29, 1.82) is 0 Å². The Kier molecular flexibility index (Phi) is 7.48. The molecule has 0 radical (unpaired) electrons. The van der Waals surface area contributed by atoms with Gasteiger partial charge in [0.25, 0.3) is 5.91 Å². The van der Waals surface area contributed by atoms with E-state index in [1.807, 2.05) is 18.7 Å². The first-order chi connectivity index (χ1) is 16.1. The van der Waals surface area contributed by atoms with Crippen LogP contribution in [0.1, 0.15) is 59.1 Å². The van der Waals surface area contributed by atoms with Crippen molar-refractivity contribution >= 4 is 28.6 Å². The number of methoxy groups -OCH3 is 1. The molecule has 2 heterocycles.